The zero-order valence-corrected chi connectivity index (χ0v) is 21.0. The molecular weight excluding hydrogens is 481 g/mol. The summed E-state index contributed by atoms with van der Waals surface area (Å²) in [4.78, 5) is 20.7. The number of nitrogens with zero attached hydrogens (tertiary/aromatic N) is 3. The summed E-state index contributed by atoms with van der Waals surface area (Å²) >= 11 is 0. The van der Waals surface area contributed by atoms with Gasteiger partial charge >= 0.3 is 0 Å². The molecule has 0 aromatic rings. The van der Waals surface area contributed by atoms with Crippen LogP contribution in [0.5, 0.6) is 0 Å². The lowest BCUT2D eigenvalue weighted by atomic mass is 9.79. The summed E-state index contributed by atoms with van der Waals surface area (Å²) in [6.07, 6.45) is 7.86. The van der Waals surface area contributed by atoms with E-state index in [0.717, 1.165) is 45.2 Å². The molecule has 1 aliphatic carbocycles. The van der Waals surface area contributed by atoms with E-state index in [4.69, 9.17) is 4.74 Å². The molecule has 3 aliphatic rings. The Bertz CT molecular complexity index is 577. The molecule has 2 saturated heterocycles. The van der Waals surface area contributed by atoms with E-state index < -0.39 is 0 Å². The minimum atomic E-state index is -0.0815. The number of carbonyl (C=O) groups is 1. The molecular formula is C21H40IN5O2. The Labute approximate surface area is 193 Å². The molecule has 0 radical (unpaired) electrons. The van der Waals surface area contributed by atoms with Crippen molar-refractivity contribution in [2.45, 2.75) is 76.0 Å². The van der Waals surface area contributed by atoms with Crippen LogP contribution >= 0.6 is 24.0 Å². The number of hydrogen-bond donors (Lipinski definition) is 2. The largest absolute Gasteiger partial charge is 0.373 e. The summed E-state index contributed by atoms with van der Waals surface area (Å²) in [7, 11) is 3.71. The van der Waals surface area contributed by atoms with E-state index >= 15 is 0 Å². The topological polar surface area (TPSA) is 69.2 Å². The SMILES string of the molecule is CN=C(NCC1(N2CCOC(C)(C)C2)CCCCC1)NC1CCC(=O)N(C)C1.I. The maximum absolute atomic E-state index is 11.7. The van der Waals surface area contributed by atoms with Gasteiger partial charge in [0.2, 0.25) is 5.91 Å². The Balaban J connectivity index is 0.00000300. The average molecular weight is 521 g/mol. The quantitative estimate of drug-likeness (QED) is 0.338. The molecule has 1 atom stereocenters. The minimum Gasteiger partial charge on any atom is -0.373 e. The number of ether oxygens (including phenoxy) is 1. The van der Waals surface area contributed by atoms with Gasteiger partial charge in [0.25, 0.3) is 0 Å². The van der Waals surface area contributed by atoms with Crippen molar-refractivity contribution in [1.29, 1.82) is 0 Å². The molecule has 1 amide bonds. The number of carbonyl (C=O) groups excluding carboxylic acids is 1. The van der Waals surface area contributed by atoms with Crippen LogP contribution < -0.4 is 10.6 Å². The number of halogens is 1. The lowest BCUT2D eigenvalue weighted by Crippen LogP contribution is -2.64. The van der Waals surface area contributed by atoms with Crippen molar-refractivity contribution in [3.05, 3.63) is 0 Å². The molecule has 168 valence electrons. The van der Waals surface area contributed by atoms with Gasteiger partial charge in [0.1, 0.15) is 0 Å². The first kappa shape index (κ1) is 24.7. The van der Waals surface area contributed by atoms with Gasteiger partial charge in [-0.1, -0.05) is 19.3 Å². The first-order valence-electron chi connectivity index (χ1n) is 10.9. The maximum atomic E-state index is 11.7. The van der Waals surface area contributed by atoms with Crippen molar-refractivity contribution in [2.24, 2.45) is 4.99 Å². The second-order valence-corrected chi connectivity index (χ2v) is 9.39. The zero-order chi connectivity index (χ0) is 20.2. The van der Waals surface area contributed by atoms with Crippen LogP contribution in [0.3, 0.4) is 0 Å². The molecule has 1 saturated carbocycles. The standard InChI is InChI=1S/C21H39N5O2.HI/c1-20(2)16-26(12-13-28-20)21(10-6-5-7-11-21)15-23-19(22-3)24-17-8-9-18(27)25(4)14-17;/h17H,5-16H2,1-4H3,(H2,22,23,24);1H. The summed E-state index contributed by atoms with van der Waals surface area (Å²) in [6, 6.07) is 0.263. The molecule has 0 spiro atoms. The fourth-order valence-electron chi connectivity index (χ4n) is 5.00. The first-order valence-corrected chi connectivity index (χ1v) is 10.9. The molecule has 7 nitrogen and oxygen atoms in total. The first-order chi connectivity index (χ1) is 13.3. The maximum Gasteiger partial charge on any atom is 0.222 e. The lowest BCUT2D eigenvalue weighted by molar-refractivity contribution is -0.132. The van der Waals surface area contributed by atoms with Crippen molar-refractivity contribution >= 4 is 35.8 Å². The number of hydrogen-bond acceptors (Lipinski definition) is 4. The predicted octanol–water partition coefficient (Wildman–Crippen LogP) is 2.20. The van der Waals surface area contributed by atoms with E-state index in [1.54, 1.807) is 0 Å². The number of guanidine groups is 1. The van der Waals surface area contributed by atoms with Crippen molar-refractivity contribution < 1.29 is 9.53 Å². The van der Waals surface area contributed by atoms with Crippen molar-refractivity contribution in [3.8, 4) is 0 Å². The van der Waals surface area contributed by atoms with E-state index in [1.807, 2.05) is 19.0 Å². The third-order valence-electron chi connectivity index (χ3n) is 6.66. The van der Waals surface area contributed by atoms with Gasteiger partial charge in [0.05, 0.1) is 12.2 Å². The number of aliphatic imine (C=N–C) groups is 1. The van der Waals surface area contributed by atoms with Gasteiger partial charge in [-0.2, -0.15) is 0 Å². The van der Waals surface area contributed by atoms with E-state index in [2.05, 4.69) is 34.4 Å². The Morgan fingerprint density at radius 1 is 1.28 bits per heavy atom. The molecule has 2 N–H and O–H groups in total. The summed E-state index contributed by atoms with van der Waals surface area (Å²) < 4.78 is 5.97. The van der Waals surface area contributed by atoms with Crippen LogP contribution in [0, 0.1) is 0 Å². The Morgan fingerprint density at radius 2 is 2.00 bits per heavy atom. The number of likely N-dealkylation sites (tertiary alicyclic amines) is 1. The van der Waals surface area contributed by atoms with Crippen LogP contribution in [0.1, 0.15) is 58.8 Å². The van der Waals surface area contributed by atoms with E-state index in [0.29, 0.717) is 6.42 Å². The van der Waals surface area contributed by atoms with Crippen LogP contribution in [-0.2, 0) is 9.53 Å². The van der Waals surface area contributed by atoms with Crippen molar-refractivity contribution in [3.63, 3.8) is 0 Å². The molecule has 0 bridgehead atoms. The molecule has 0 aromatic carbocycles. The Hall–Kier alpha value is -0.610. The predicted molar refractivity (Wildman–Crippen MR) is 128 cm³/mol. The highest BCUT2D eigenvalue weighted by Gasteiger charge is 2.42. The molecule has 1 unspecified atom stereocenters. The van der Waals surface area contributed by atoms with Gasteiger partial charge in [-0.05, 0) is 33.1 Å². The summed E-state index contributed by atoms with van der Waals surface area (Å²) in [5, 5.41) is 7.17. The smallest absolute Gasteiger partial charge is 0.222 e. The lowest BCUT2D eigenvalue weighted by Gasteiger charge is -2.51. The van der Waals surface area contributed by atoms with Gasteiger partial charge in [-0.3, -0.25) is 14.7 Å². The number of likely N-dealkylation sites (N-methyl/N-ethyl adjacent to an activating group) is 1. The fraction of sp³-hybridized carbons (Fsp3) is 0.905. The molecule has 8 heteroatoms. The number of rotatable bonds is 4. The molecule has 29 heavy (non-hydrogen) atoms. The monoisotopic (exact) mass is 521 g/mol. The Morgan fingerprint density at radius 3 is 2.62 bits per heavy atom. The number of amides is 1. The highest BCUT2D eigenvalue weighted by atomic mass is 127. The molecule has 2 heterocycles. The normalized spacial score (nSPS) is 27.9. The van der Waals surface area contributed by atoms with Gasteiger partial charge in [-0.15, -0.1) is 24.0 Å². The van der Waals surface area contributed by atoms with E-state index in [9.17, 15) is 4.79 Å². The molecule has 2 aliphatic heterocycles. The van der Waals surface area contributed by atoms with Crippen LogP contribution in [0.15, 0.2) is 4.99 Å². The Kier molecular flexibility index (Phi) is 9.03. The number of nitrogens with one attached hydrogen (secondary N) is 2. The third-order valence-corrected chi connectivity index (χ3v) is 6.66. The molecule has 3 rings (SSSR count). The summed E-state index contributed by atoms with van der Waals surface area (Å²) in [6.45, 7) is 8.84. The average Bonchev–Trinajstić information content (AvgIpc) is 2.68. The van der Waals surface area contributed by atoms with Crippen LogP contribution in [-0.4, -0.2) is 85.7 Å². The van der Waals surface area contributed by atoms with Crippen LogP contribution in [0.2, 0.25) is 0 Å². The molecule has 0 aromatic heterocycles. The minimum absolute atomic E-state index is 0. The highest BCUT2D eigenvalue weighted by molar-refractivity contribution is 14.0. The molecule has 3 fully saturated rings. The van der Waals surface area contributed by atoms with Gasteiger partial charge in [0.15, 0.2) is 5.96 Å². The summed E-state index contributed by atoms with van der Waals surface area (Å²) in [5.74, 6) is 1.09. The zero-order valence-electron chi connectivity index (χ0n) is 18.6. The summed E-state index contributed by atoms with van der Waals surface area (Å²) in [5.41, 5.74) is 0.0953. The second kappa shape index (κ2) is 10.6. The fourth-order valence-corrected chi connectivity index (χ4v) is 5.00. The van der Waals surface area contributed by atoms with Gasteiger partial charge in [-0.25, -0.2) is 0 Å². The van der Waals surface area contributed by atoms with Crippen molar-refractivity contribution in [1.82, 2.24) is 20.4 Å². The third kappa shape index (κ3) is 6.43. The second-order valence-electron chi connectivity index (χ2n) is 9.39. The number of piperidine rings is 1. The van der Waals surface area contributed by atoms with Gasteiger partial charge < -0.3 is 20.3 Å². The van der Waals surface area contributed by atoms with Gasteiger partial charge in [0, 0.05) is 58.3 Å². The van der Waals surface area contributed by atoms with Crippen molar-refractivity contribution in [2.75, 3.05) is 46.9 Å². The van der Waals surface area contributed by atoms with E-state index in [1.165, 1.54) is 32.1 Å². The van der Waals surface area contributed by atoms with E-state index in [-0.39, 0.29) is 47.1 Å². The van der Waals surface area contributed by atoms with Crippen LogP contribution in [0.4, 0.5) is 0 Å². The highest BCUT2D eigenvalue weighted by Crippen LogP contribution is 2.36. The van der Waals surface area contributed by atoms with Crippen LogP contribution in [0.25, 0.3) is 0 Å². The number of morpholine rings is 1.